The van der Waals surface area contributed by atoms with E-state index in [4.69, 9.17) is 9.47 Å². The molecule has 0 fully saturated rings. The van der Waals surface area contributed by atoms with E-state index in [0.29, 0.717) is 27.7 Å². The van der Waals surface area contributed by atoms with E-state index in [1.54, 1.807) is 37.4 Å². The first-order chi connectivity index (χ1) is 18.7. The number of thiazole rings is 1. The number of benzene rings is 3. The molecule has 5 aromatic rings. The van der Waals surface area contributed by atoms with Crippen LogP contribution in [0.3, 0.4) is 0 Å². The number of hydrogen-bond acceptors (Lipinski definition) is 6. The third kappa shape index (κ3) is 5.06. The standard InChI is InChI=1S/C29H22F2N2O5S/c1-16(27-28(35)32-29(36)39-27)18-9-12-23(21(31)15-18)37-13-14-38-26-24(17-7-10-19(30)11-8-17)33(2)22-6-4-3-5-20(22)25(26)34/h3-12,15,35H,1,13-14H2,2H3,(H,32,36). The molecule has 0 amide bonds. The molecule has 0 aliphatic rings. The van der Waals surface area contributed by atoms with Gasteiger partial charge >= 0.3 is 4.87 Å². The number of aromatic nitrogens is 2. The van der Waals surface area contributed by atoms with Crippen LogP contribution in [0.1, 0.15) is 10.4 Å². The number of para-hydroxylation sites is 1. The molecule has 0 aliphatic heterocycles. The smallest absolute Gasteiger partial charge is 0.307 e. The van der Waals surface area contributed by atoms with Crippen molar-refractivity contribution in [2.75, 3.05) is 13.2 Å². The Kier molecular flexibility index (Phi) is 7.03. The molecule has 0 unspecified atom stereocenters. The van der Waals surface area contributed by atoms with Crippen LogP contribution in [0.15, 0.2) is 82.9 Å². The van der Waals surface area contributed by atoms with Crippen LogP contribution in [0.5, 0.6) is 17.4 Å². The highest BCUT2D eigenvalue weighted by atomic mass is 32.1. The zero-order chi connectivity index (χ0) is 27.7. The molecule has 0 spiro atoms. The van der Waals surface area contributed by atoms with Crippen LogP contribution in [-0.4, -0.2) is 27.9 Å². The number of ether oxygens (including phenoxy) is 2. The summed E-state index contributed by atoms with van der Waals surface area (Å²) in [5.41, 5.74) is 2.08. The summed E-state index contributed by atoms with van der Waals surface area (Å²) in [6.07, 6.45) is 0. The van der Waals surface area contributed by atoms with Crippen LogP contribution >= 0.6 is 11.3 Å². The number of hydrogen-bond donors (Lipinski definition) is 2. The number of pyridine rings is 1. The van der Waals surface area contributed by atoms with Crippen LogP contribution in [0.2, 0.25) is 0 Å². The third-order valence-electron chi connectivity index (χ3n) is 6.16. The Morgan fingerprint density at radius 2 is 1.74 bits per heavy atom. The fraction of sp³-hybridized carbons (Fsp3) is 0.103. The van der Waals surface area contributed by atoms with Crippen molar-refractivity contribution in [3.8, 4) is 28.6 Å². The van der Waals surface area contributed by atoms with Crippen molar-refractivity contribution >= 4 is 27.8 Å². The van der Waals surface area contributed by atoms with E-state index in [2.05, 4.69) is 11.6 Å². The Morgan fingerprint density at radius 1 is 1.03 bits per heavy atom. The van der Waals surface area contributed by atoms with Gasteiger partial charge in [0.05, 0.1) is 16.1 Å². The molecule has 0 bridgehead atoms. The van der Waals surface area contributed by atoms with Gasteiger partial charge in [-0.25, -0.2) is 8.78 Å². The predicted molar refractivity (Wildman–Crippen MR) is 147 cm³/mol. The van der Waals surface area contributed by atoms with Gasteiger partial charge in [-0.3, -0.25) is 14.6 Å². The van der Waals surface area contributed by atoms with E-state index in [1.807, 2.05) is 16.7 Å². The zero-order valence-electron chi connectivity index (χ0n) is 20.7. The number of fused-ring (bicyclic) bond motifs is 1. The van der Waals surface area contributed by atoms with Gasteiger partial charge in [-0.15, -0.1) is 0 Å². The lowest BCUT2D eigenvalue weighted by atomic mass is 10.1. The van der Waals surface area contributed by atoms with Crippen molar-refractivity contribution < 1.29 is 23.4 Å². The second-order valence-electron chi connectivity index (χ2n) is 8.60. The quantitative estimate of drug-likeness (QED) is 0.251. The van der Waals surface area contributed by atoms with Crippen molar-refractivity contribution in [1.82, 2.24) is 9.55 Å². The van der Waals surface area contributed by atoms with Gasteiger partial charge in [0.25, 0.3) is 0 Å². The van der Waals surface area contributed by atoms with Gasteiger partial charge in [0.15, 0.2) is 17.3 Å². The number of rotatable bonds is 8. The second kappa shape index (κ2) is 10.6. The maximum Gasteiger partial charge on any atom is 0.307 e. The average Bonchev–Trinajstić information content (AvgIpc) is 3.27. The highest BCUT2D eigenvalue weighted by Gasteiger charge is 2.19. The van der Waals surface area contributed by atoms with Crippen molar-refractivity contribution in [3.05, 3.63) is 115 Å². The van der Waals surface area contributed by atoms with Gasteiger partial charge in [-0.1, -0.05) is 36.1 Å². The monoisotopic (exact) mass is 548 g/mol. The Hall–Kier alpha value is -4.70. The molecule has 0 atom stereocenters. The van der Waals surface area contributed by atoms with Crippen molar-refractivity contribution in [2.24, 2.45) is 7.05 Å². The Labute approximate surface area is 224 Å². The molecular weight excluding hydrogens is 526 g/mol. The minimum Gasteiger partial charge on any atom is -0.493 e. The van der Waals surface area contributed by atoms with Crippen LogP contribution in [-0.2, 0) is 7.05 Å². The topological polar surface area (TPSA) is 93.5 Å². The number of H-pyrrole nitrogens is 1. The van der Waals surface area contributed by atoms with E-state index in [-0.39, 0.29) is 46.5 Å². The van der Waals surface area contributed by atoms with Crippen molar-refractivity contribution in [2.45, 2.75) is 0 Å². The molecule has 0 saturated carbocycles. The van der Waals surface area contributed by atoms with Crippen LogP contribution in [0.4, 0.5) is 8.78 Å². The van der Waals surface area contributed by atoms with E-state index in [0.717, 1.165) is 11.3 Å². The number of halogens is 2. The molecule has 5 rings (SSSR count). The van der Waals surface area contributed by atoms with Crippen molar-refractivity contribution in [3.63, 3.8) is 0 Å². The summed E-state index contributed by atoms with van der Waals surface area (Å²) in [6, 6.07) is 17.0. The fourth-order valence-corrected chi connectivity index (χ4v) is 5.01. The average molecular weight is 549 g/mol. The van der Waals surface area contributed by atoms with Crippen LogP contribution < -0.4 is 19.8 Å². The van der Waals surface area contributed by atoms with Gasteiger partial charge in [-0.05, 0) is 59.7 Å². The van der Waals surface area contributed by atoms with Crippen LogP contribution in [0.25, 0.3) is 27.7 Å². The number of aromatic amines is 1. The molecule has 0 radical (unpaired) electrons. The van der Waals surface area contributed by atoms with Gasteiger partial charge < -0.3 is 19.1 Å². The Bertz CT molecular complexity index is 1820. The van der Waals surface area contributed by atoms with Gasteiger partial charge in [-0.2, -0.15) is 0 Å². The SMILES string of the molecule is C=C(c1ccc(OCCOc2c(-c3ccc(F)cc3)n(C)c3ccccc3c2=O)c(F)c1)c1sc(=O)[nH]c1O. The van der Waals surface area contributed by atoms with Crippen LogP contribution in [0, 0.1) is 11.6 Å². The number of nitrogens with one attached hydrogen (secondary N) is 1. The molecule has 0 aliphatic carbocycles. The summed E-state index contributed by atoms with van der Waals surface area (Å²) in [6.45, 7) is 3.69. The summed E-state index contributed by atoms with van der Waals surface area (Å²) in [5, 5.41) is 10.3. The fourth-order valence-electron chi connectivity index (χ4n) is 4.28. The lowest BCUT2D eigenvalue weighted by Crippen LogP contribution is -2.18. The molecule has 2 heterocycles. The third-order valence-corrected chi connectivity index (χ3v) is 7.09. The lowest BCUT2D eigenvalue weighted by Gasteiger charge is -2.18. The van der Waals surface area contributed by atoms with Gasteiger partial charge in [0.1, 0.15) is 19.0 Å². The summed E-state index contributed by atoms with van der Waals surface area (Å²) >= 11 is 0.768. The Morgan fingerprint density at radius 3 is 2.44 bits per heavy atom. The molecular formula is C29H22F2N2O5S. The molecule has 39 heavy (non-hydrogen) atoms. The first kappa shape index (κ1) is 25.9. The molecule has 2 N–H and O–H groups in total. The van der Waals surface area contributed by atoms with E-state index < -0.39 is 16.5 Å². The maximum atomic E-state index is 14.8. The van der Waals surface area contributed by atoms with Crippen molar-refractivity contribution in [1.29, 1.82) is 0 Å². The zero-order valence-corrected chi connectivity index (χ0v) is 21.5. The molecule has 3 aromatic carbocycles. The Balaban J connectivity index is 1.35. The molecule has 198 valence electrons. The second-order valence-corrected chi connectivity index (χ2v) is 9.59. The molecule has 0 saturated heterocycles. The van der Waals surface area contributed by atoms with E-state index in [9.17, 15) is 23.5 Å². The summed E-state index contributed by atoms with van der Waals surface area (Å²) in [4.78, 5) is 26.8. The molecule has 10 heteroatoms. The van der Waals surface area contributed by atoms with Gasteiger partial charge in [0.2, 0.25) is 11.3 Å². The minimum absolute atomic E-state index is 0.0493. The maximum absolute atomic E-state index is 14.8. The number of aryl methyl sites for hydroxylation is 1. The largest absolute Gasteiger partial charge is 0.493 e. The van der Waals surface area contributed by atoms with Gasteiger partial charge in [0, 0.05) is 18.0 Å². The minimum atomic E-state index is -0.676. The summed E-state index contributed by atoms with van der Waals surface area (Å²) < 4.78 is 41.6. The summed E-state index contributed by atoms with van der Waals surface area (Å²) in [5.74, 6) is -1.38. The highest BCUT2D eigenvalue weighted by molar-refractivity contribution is 7.10. The first-order valence-electron chi connectivity index (χ1n) is 11.8. The van der Waals surface area contributed by atoms with E-state index in [1.165, 1.54) is 24.3 Å². The normalized spacial score (nSPS) is 11.1. The number of nitrogens with zero attached hydrogens (tertiary/aromatic N) is 1. The van der Waals surface area contributed by atoms with E-state index >= 15 is 0 Å². The first-order valence-corrected chi connectivity index (χ1v) is 12.6. The molecule has 7 nitrogen and oxygen atoms in total. The highest BCUT2D eigenvalue weighted by Crippen LogP contribution is 2.32. The number of aromatic hydroxyl groups is 1. The summed E-state index contributed by atoms with van der Waals surface area (Å²) in [7, 11) is 1.79. The predicted octanol–water partition coefficient (Wildman–Crippen LogP) is 5.46. The molecule has 2 aromatic heterocycles. The lowest BCUT2D eigenvalue weighted by molar-refractivity contribution is 0.210.